The van der Waals surface area contributed by atoms with Crippen molar-refractivity contribution >= 4 is 17.2 Å². The second kappa shape index (κ2) is 10.2. The third-order valence-electron chi connectivity index (χ3n) is 5.45. The summed E-state index contributed by atoms with van der Waals surface area (Å²) in [4.78, 5) is 20.7. The Kier molecular flexibility index (Phi) is 7.12. The zero-order valence-corrected chi connectivity index (χ0v) is 19.0. The summed E-state index contributed by atoms with van der Waals surface area (Å²) in [6.45, 7) is 7.93. The van der Waals surface area contributed by atoms with Gasteiger partial charge in [-0.25, -0.2) is 4.98 Å². The fourth-order valence-corrected chi connectivity index (χ4v) is 4.81. The van der Waals surface area contributed by atoms with E-state index in [9.17, 15) is 4.79 Å². The third-order valence-corrected chi connectivity index (χ3v) is 6.42. The van der Waals surface area contributed by atoms with Crippen LogP contribution in [0.1, 0.15) is 21.0 Å². The number of benzene rings is 2. The van der Waals surface area contributed by atoms with E-state index in [0.717, 1.165) is 40.8 Å². The van der Waals surface area contributed by atoms with Gasteiger partial charge in [0.25, 0.3) is 0 Å². The molecule has 0 radical (unpaired) electrons. The standard InChI is InChI=1S/C25H29N3O2S/c1-18-8-10-21(11-9-18)25-23(31-19(2)27-25)14-24(29)26-15-22-17-28(12-13-30-22)16-20-6-4-3-5-7-20/h3-11,22H,12-17H2,1-2H3,(H,26,29). The second-order valence-electron chi connectivity index (χ2n) is 8.07. The molecule has 6 heteroatoms. The van der Waals surface area contributed by atoms with Gasteiger partial charge in [-0.2, -0.15) is 0 Å². The Hall–Kier alpha value is -2.54. The van der Waals surface area contributed by atoms with Crippen LogP contribution in [0.4, 0.5) is 0 Å². The number of carbonyl (C=O) groups excluding carboxylic acids is 1. The first-order valence-electron chi connectivity index (χ1n) is 10.7. The largest absolute Gasteiger partial charge is 0.374 e. The SMILES string of the molecule is Cc1ccc(-c2nc(C)sc2CC(=O)NCC2CN(Cc3ccccc3)CCO2)cc1. The second-order valence-corrected chi connectivity index (χ2v) is 9.35. The number of aromatic nitrogens is 1. The van der Waals surface area contributed by atoms with E-state index >= 15 is 0 Å². The normalized spacial score (nSPS) is 16.9. The number of carbonyl (C=O) groups is 1. The van der Waals surface area contributed by atoms with Crippen molar-refractivity contribution in [1.29, 1.82) is 0 Å². The maximum atomic E-state index is 12.7. The van der Waals surface area contributed by atoms with E-state index in [1.54, 1.807) is 11.3 Å². The van der Waals surface area contributed by atoms with Gasteiger partial charge in [-0.3, -0.25) is 9.69 Å². The number of thiazole rings is 1. The molecule has 1 saturated heterocycles. The number of aryl methyl sites for hydroxylation is 2. The molecular formula is C25H29N3O2S. The summed E-state index contributed by atoms with van der Waals surface area (Å²) in [6.07, 6.45) is 0.357. The molecule has 2 heterocycles. The molecule has 2 aromatic carbocycles. The van der Waals surface area contributed by atoms with Gasteiger partial charge in [-0.05, 0) is 19.4 Å². The van der Waals surface area contributed by atoms with Crippen LogP contribution in [0.2, 0.25) is 0 Å². The lowest BCUT2D eigenvalue weighted by atomic mass is 10.1. The first kappa shape index (κ1) is 21.7. The van der Waals surface area contributed by atoms with Crippen LogP contribution in [0.25, 0.3) is 11.3 Å². The highest BCUT2D eigenvalue weighted by molar-refractivity contribution is 7.12. The summed E-state index contributed by atoms with van der Waals surface area (Å²) >= 11 is 1.59. The maximum absolute atomic E-state index is 12.7. The zero-order chi connectivity index (χ0) is 21.6. The molecule has 0 spiro atoms. The van der Waals surface area contributed by atoms with Crippen molar-refractivity contribution < 1.29 is 9.53 Å². The van der Waals surface area contributed by atoms with Crippen LogP contribution in [0.5, 0.6) is 0 Å². The molecule has 1 aliphatic heterocycles. The number of hydrogen-bond acceptors (Lipinski definition) is 5. The highest BCUT2D eigenvalue weighted by Crippen LogP contribution is 2.28. The molecule has 1 aliphatic rings. The number of nitrogens with zero attached hydrogens (tertiary/aromatic N) is 2. The van der Waals surface area contributed by atoms with Gasteiger partial charge in [-0.1, -0.05) is 60.2 Å². The quantitative estimate of drug-likeness (QED) is 0.610. The molecule has 1 N–H and O–H groups in total. The molecule has 5 nitrogen and oxygen atoms in total. The Morgan fingerprint density at radius 2 is 1.94 bits per heavy atom. The Morgan fingerprint density at radius 1 is 1.16 bits per heavy atom. The highest BCUT2D eigenvalue weighted by atomic mass is 32.1. The van der Waals surface area contributed by atoms with E-state index < -0.39 is 0 Å². The van der Waals surface area contributed by atoms with Crippen molar-refractivity contribution in [3.63, 3.8) is 0 Å². The number of ether oxygens (including phenoxy) is 1. The number of hydrogen-bond donors (Lipinski definition) is 1. The number of amides is 1. The Labute approximate surface area is 188 Å². The first-order chi connectivity index (χ1) is 15.1. The molecule has 31 heavy (non-hydrogen) atoms. The summed E-state index contributed by atoms with van der Waals surface area (Å²) in [6, 6.07) is 18.8. The predicted octanol–water partition coefficient (Wildman–Crippen LogP) is 3.99. The van der Waals surface area contributed by atoms with E-state index in [1.165, 1.54) is 11.1 Å². The van der Waals surface area contributed by atoms with E-state index in [0.29, 0.717) is 19.6 Å². The fraction of sp³-hybridized carbons (Fsp3) is 0.360. The molecule has 1 fully saturated rings. The third kappa shape index (κ3) is 6.00. The molecule has 1 amide bonds. The molecule has 1 unspecified atom stereocenters. The molecule has 1 aromatic heterocycles. The van der Waals surface area contributed by atoms with Gasteiger partial charge in [0.15, 0.2) is 0 Å². The lowest BCUT2D eigenvalue weighted by Crippen LogP contribution is -2.47. The molecule has 0 bridgehead atoms. The summed E-state index contributed by atoms with van der Waals surface area (Å²) in [5.74, 6) is 0.0146. The van der Waals surface area contributed by atoms with Gasteiger partial charge in [0, 0.05) is 36.6 Å². The first-order valence-corrected chi connectivity index (χ1v) is 11.6. The maximum Gasteiger partial charge on any atom is 0.225 e. The summed E-state index contributed by atoms with van der Waals surface area (Å²) in [7, 11) is 0. The monoisotopic (exact) mass is 435 g/mol. The molecule has 0 aliphatic carbocycles. The Morgan fingerprint density at radius 3 is 2.71 bits per heavy atom. The van der Waals surface area contributed by atoms with Gasteiger partial charge >= 0.3 is 0 Å². The predicted molar refractivity (Wildman–Crippen MR) is 125 cm³/mol. The number of rotatable bonds is 7. The van der Waals surface area contributed by atoms with Crippen molar-refractivity contribution in [1.82, 2.24) is 15.2 Å². The van der Waals surface area contributed by atoms with Gasteiger partial charge < -0.3 is 10.1 Å². The van der Waals surface area contributed by atoms with E-state index in [1.807, 2.05) is 13.0 Å². The molecule has 1 atom stereocenters. The minimum atomic E-state index is 0.0146. The lowest BCUT2D eigenvalue weighted by molar-refractivity contribution is -0.121. The number of nitrogens with one attached hydrogen (secondary N) is 1. The molecule has 0 saturated carbocycles. The molecule has 162 valence electrons. The van der Waals surface area contributed by atoms with Crippen LogP contribution in [-0.2, 0) is 22.5 Å². The summed E-state index contributed by atoms with van der Waals surface area (Å²) in [5, 5.41) is 4.05. The van der Waals surface area contributed by atoms with Crippen LogP contribution in [0.3, 0.4) is 0 Å². The van der Waals surface area contributed by atoms with E-state index in [4.69, 9.17) is 4.74 Å². The topological polar surface area (TPSA) is 54.5 Å². The lowest BCUT2D eigenvalue weighted by Gasteiger charge is -2.33. The van der Waals surface area contributed by atoms with Gasteiger partial charge in [0.2, 0.25) is 5.91 Å². The molecule has 3 aromatic rings. The van der Waals surface area contributed by atoms with Crippen molar-refractivity contribution in [3.05, 3.63) is 75.6 Å². The van der Waals surface area contributed by atoms with Gasteiger partial charge in [-0.15, -0.1) is 11.3 Å². The van der Waals surface area contributed by atoms with Crippen molar-refractivity contribution in [3.8, 4) is 11.3 Å². The minimum absolute atomic E-state index is 0.0146. The van der Waals surface area contributed by atoms with Crippen LogP contribution < -0.4 is 5.32 Å². The van der Waals surface area contributed by atoms with Crippen molar-refractivity contribution in [2.75, 3.05) is 26.2 Å². The smallest absolute Gasteiger partial charge is 0.225 e. The minimum Gasteiger partial charge on any atom is -0.374 e. The highest BCUT2D eigenvalue weighted by Gasteiger charge is 2.22. The average Bonchev–Trinajstić information content (AvgIpc) is 3.13. The van der Waals surface area contributed by atoms with Gasteiger partial charge in [0.1, 0.15) is 0 Å². The van der Waals surface area contributed by atoms with E-state index in [-0.39, 0.29) is 12.0 Å². The number of morpholine rings is 1. The van der Waals surface area contributed by atoms with E-state index in [2.05, 4.69) is 70.7 Å². The van der Waals surface area contributed by atoms with Crippen LogP contribution >= 0.6 is 11.3 Å². The van der Waals surface area contributed by atoms with Crippen LogP contribution in [0.15, 0.2) is 54.6 Å². The Bertz CT molecular complexity index is 1000. The molecule has 4 rings (SSSR count). The Balaban J connectivity index is 1.31. The average molecular weight is 436 g/mol. The van der Waals surface area contributed by atoms with Gasteiger partial charge in [0.05, 0.1) is 29.8 Å². The van der Waals surface area contributed by atoms with Crippen LogP contribution in [-0.4, -0.2) is 48.1 Å². The fourth-order valence-electron chi connectivity index (χ4n) is 3.85. The van der Waals surface area contributed by atoms with Crippen molar-refractivity contribution in [2.24, 2.45) is 0 Å². The van der Waals surface area contributed by atoms with Crippen LogP contribution in [0, 0.1) is 13.8 Å². The zero-order valence-electron chi connectivity index (χ0n) is 18.1. The molecular weight excluding hydrogens is 406 g/mol. The summed E-state index contributed by atoms with van der Waals surface area (Å²) in [5.41, 5.74) is 4.49. The summed E-state index contributed by atoms with van der Waals surface area (Å²) < 4.78 is 5.89. The van der Waals surface area contributed by atoms with Crippen molar-refractivity contribution in [2.45, 2.75) is 32.9 Å².